The molecule has 0 radical (unpaired) electrons. The average Bonchev–Trinajstić information content (AvgIpc) is 2.80. The fourth-order valence-electron chi connectivity index (χ4n) is 1.48. The van der Waals surface area contributed by atoms with Gasteiger partial charge < -0.3 is 10.8 Å². The Hall–Kier alpha value is -1.99. The fraction of sp³-hybridized carbons (Fsp3) is 0.182. The molecule has 100 valence electrons. The SMILES string of the molecule is NC(Cc1cn(-c2cc(F)ccc2Cl)nn1)C(=O)O. The molecule has 3 N–H and O–H groups in total. The largest absolute Gasteiger partial charge is 0.480 e. The summed E-state index contributed by atoms with van der Waals surface area (Å²) in [5, 5.41) is 16.5. The van der Waals surface area contributed by atoms with Crippen molar-refractivity contribution >= 4 is 17.6 Å². The standard InChI is InChI=1S/C11H10ClFN4O2/c12-8-2-1-6(13)3-10(8)17-5-7(15-16-17)4-9(14)11(18)19/h1-3,5,9H,4,14H2,(H,18,19). The Balaban J connectivity index is 2.26. The maximum Gasteiger partial charge on any atom is 0.320 e. The van der Waals surface area contributed by atoms with E-state index in [2.05, 4.69) is 10.3 Å². The molecule has 0 saturated carbocycles. The summed E-state index contributed by atoms with van der Waals surface area (Å²) < 4.78 is 14.4. The van der Waals surface area contributed by atoms with E-state index >= 15 is 0 Å². The molecule has 8 heteroatoms. The van der Waals surface area contributed by atoms with Crippen molar-refractivity contribution in [3.63, 3.8) is 0 Å². The molecule has 0 aliphatic rings. The van der Waals surface area contributed by atoms with Gasteiger partial charge in [-0.15, -0.1) is 5.10 Å². The minimum atomic E-state index is -1.13. The van der Waals surface area contributed by atoms with Gasteiger partial charge in [-0.3, -0.25) is 4.79 Å². The summed E-state index contributed by atoms with van der Waals surface area (Å²) in [6.45, 7) is 0. The number of carboxylic acids is 1. The number of rotatable bonds is 4. The van der Waals surface area contributed by atoms with Crippen LogP contribution in [0.2, 0.25) is 5.02 Å². The molecule has 0 fully saturated rings. The van der Waals surface area contributed by atoms with Gasteiger partial charge in [-0.25, -0.2) is 9.07 Å². The summed E-state index contributed by atoms with van der Waals surface area (Å²) in [5.41, 5.74) is 6.10. The molecule has 1 aromatic carbocycles. The Kier molecular flexibility index (Phi) is 3.77. The van der Waals surface area contributed by atoms with E-state index in [1.807, 2.05) is 0 Å². The number of aliphatic carboxylic acids is 1. The second-order valence-electron chi connectivity index (χ2n) is 3.90. The lowest BCUT2D eigenvalue weighted by Gasteiger charge is -2.03. The number of carboxylic acid groups (broad SMARTS) is 1. The van der Waals surface area contributed by atoms with Crippen molar-refractivity contribution in [2.24, 2.45) is 5.73 Å². The first kappa shape index (κ1) is 13.4. The van der Waals surface area contributed by atoms with Crippen molar-refractivity contribution in [2.45, 2.75) is 12.5 Å². The third-order valence-electron chi connectivity index (χ3n) is 2.44. The van der Waals surface area contributed by atoms with E-state index in [-0.39, 0.29) is 6.42 Å². The molecule has 2 rings (SSSR count). The summed E-state index contributed by atoms with van der Waals surface area (Å²) in [5.74, 6) is -1.59. The second-order valence-corrected chi connectivity index (χ2v) is 4.31. The second kappa shape index (κ2) is 5.33. The van der Waals surface area contributed by atoms with E-state index in [9.17, 15) is 9.18 Å². The lowest BCUT2D eigenvalue weighted by molar-refractivity contribution is -0.138. The summed E-state index contributed by atoms with van der Waals surface area (Å²) >= 11 is 5.92. The number of nitrogens with zero attached hydrogens (tertiary/aromatic N) is 3. The Labute approximate surface area is 112 Å². The highest BCUT2D eigenvalue weighted by Gasteiger charge is 2.15. The van der Waals surface area contributed by atoms with E-state index in [0.717, 1.165) is 0 Å². The van der Waals surface area contributed by atoms with Crippen molar-refractivity contribution in [1.82, 2.24) is 15.0 Å². The monoisotopic (exact) mass is 284 g/mol. The van der Waals surface area contributed by atoms with Crippen LogP contribution in [-0.2, 0) is 11.2 Å². The molecule has 0 aliphatic carbocycles. The Bertz CT molecular complexity index is 616. The quantitative estimate of drug-likeness (QED) is 0.874. The number of nitrogens with two attached hydrogens (primary N) is 1. The summed E-state index contributed by atoms with van der Waals surface area (Å²) in [7, 11) is 0. The molecule has 2 aromatic rings. The van der Waals surface area contributed by atoms with Gasteiger partial charge in [0.2, 0.25) is 0 Å². The van der Waals surface area contributed by atoms with Crippen LogP contribution in [0.1, 0.15) is 5.69 Å². The number of hydrogen-bond acceptors (Lipinski definition) is 4. The molecule has 1 atom stereocenters. The molecule has 0 amide bonds. The maximum absolute atomic E-state index is 13.1. The molecule has 0 saturated heterocycles. The highest BCUT2D eigenvalue weighted by Crippen LogP contribution is 2.20. The Morgan fingerprint density at radius 1 is 1.58 bits per heavy atom. The first-order chi connectivity index (χ1) is 8.97. The number of benzene rings is 1. The van der Waals surface area contributed by atoms with Crippen LogP contribution >= 0.6 is 11.6 Å². The van der Waals surface area contributed by atoms with E-state index in [4.69, 9.17) is 22.4 Å². The molecular weight excluding hydrogens is 275 g/mol. The smallest absolute Gasteiger partial charge is 0.320 e. The van der Waals surface area contributed by atoms with Gasteiger partial charge in [0.25, 0.3) is 0 Å². The number of aromatic nitrogens is 3. The van der Waals surface area contributed by atoms with Gasteiger partial charge in [0, 0.05) is 12.5 Å². The Morgan fingerprint density at radius 2 is 2.32 bits per heavy atom. The zero-order valence-corrected chi connectivity index (χ0v) is 10.4. The van der Waals surface area contributed by atoms with Gasteiger partial charge in [0.1, 0.15) is 11.9 Å². The van der Waals surface area contributed by atoms with Crippen LogP contribution in [-0.4, -0.2) is 32.1 Å². The van der Waals surface area contributed by atoms with Crippen molar-refractivity contribution < 1.29 is 14.3 Å². The lowest BCUT2D eigenvalue weighted by atomic mass is 10.2. The van der Waals surface area contributed by atoms with Crippen LogP contribution in [0.25, 0.3) is 5.69 Å². The molecule has 0 aliphatic heterocycles. The van der Waals surface area contributed by atoms with Crippen molar-refractivity contribution in [1.29, 1.82) is 0 Å². The van der Waals surface area contributed by atoms with Crippen molar-refractivity contribution in [3.8, 4) is 5.69 Å². The lowest BCUT2D eigenvalue weighted by Crippen LogP contribution is -2.32. The first-order valence-corrected chi connectivity index (χ1v) is 5.70. The van der Waals surface area contributed by atoms with Crippen molar-refractivity contribution in [3.05, 3.63) is 40.9 Å². The molecule has 0 bridgehead atoms. The van der Waals surface area contributed by atoms with Gasteiger partial charge in [0.05, 0.1) is 22.6 Å². The molecule has 1 aromatic heterocycles. The summed E-state index contributed by atoms with van der Waals surface area (Å²) in [6.07, 6.45) is 1.49. The average molecular weight is 285 g/mol. The minimum Gasteiger partial charge on any atom is -0.480 e. The van der Waals surface area contributed by atoms with E-state index in [0.29, 0.717) is 16.4 Å². The normalized spacial score (nSPS) is 12.4. The van der Waals surface area contributed by atoms with Crippen LogP contribution in [0, 0.1) is 5.82 Å². The molecule has 19 heavy (non-hydrogen) atoms. The van der Waals surface area contributed by atoms with Crippen LogP contribution in [0.4, 0.5) is 4.39 Å². The van der Waals surface area contributed by atoms with E-state index in [1.54, 1.807) is 0 Å². The molecule has 1 heterocycles. The van der Waals surface area contributed by atoms with Gasteiger partial charge in [-0.05, 0) is 12.1 Å². The minimum absolute atomic E-state index is 0.0300. The number of halogens is 2. The molecule has 0 spiro atoms. The van der Waals surface area contributed by atoms with Gasteiger partial charge in [0.15, 0.2) is 0 Å². The highest BCUT2D eigenvalue weighted by atomic mass is 35.5. The zero-order chi connectivity index (χ0) is 14.0. The van der Waals surface area contributed by atoms with Crippen LogP contribution < -0.4 is 5.73 Å². The van der Waals surface area contributed by atoms with Crippen LogP contribution in [0.15, 0.2) is 24.4 Å². The van der Waals surface area contributed by atoms with Gasteiger partial charge in [-0.1, -0.05) is 16.8 Å². The molecule has 6 nitrogen and oxygen atoms in total. The molecular formula is C11H10ClFN4O2. The number of hydrogen-bond donors (Lipinski definition) is 2. The topological polar surface area (TPSA) is 94.0 Å². The van der Waals surface area contributed by atoms with E-state index in [1.165, 1.54) is 29.1 Å². The summed E-state index contributed by atoms with van der Waals surface area (Å²) in [4.78, 5) is 10.6. The van der Waals surface area contributed by atoms with Gasteiger partial charge in [-0.2, -0.15) is 0 Å². The first-order valence-electron chi connectivity index (χ1n) is 5.32. The maximum atomic E-state index is 13.1. The van der Waals surface area contributed by atoms with E-state index < -0.39 is 17.8 Å². The van der Waals surface area contributed by atoms with Crippen molar-refractivity contribution in [2.75, 3.05) is 0 Å². The third kappa shape index (κ3) is 3.07. The zero-order valence-electron chi connectivity index (χ0n) is 9.62. The van der Waals surface area contributed by atoms with Crippen LogP contribution in [0.5, 0.6) is 0 Å². The Morgan fingerprint density at radius 3 is 3.00 bits per heavy atom. The highest BCUT2D eigenvalue weighted by molar-refractivity contribution is 6.32. The summed E-state index contributed by atoms with van der Waals surface area (Å²) in [6, 6.07) is 2.77. The van der Waals surface area contributed by atoms with Crippen LogP contribution in [0.3, 0.4) is 0 Å². The fourth-order valence-corrected chi connectivity index (χ4v) is 1.69. The predicted octanol–water partition coefficient (Wildman–Crippen LogP) is 1.01. The third-order valence-corrected chi connectivity index (χ3v) is 2.76. The van der Waals surface area contributed by atoms with Gasteiger partial charge >= 0.3 is 5.97 Å². The predicted molar refractivity (Wildman–Crippen MR) is 65.6 cm³/mol. The molecule has 1 unspecified atom stereocenters. The number of carbonyl (C=O) groups is 1.